The Balaban J connectivity index is 1.49. The lowest BCUT2D eigenvalue weighted by molar-refractivity contribution is 0.0383. The molecule has 1 saturated heterocycles. The Kier molecular flexibility index (Phi) is 6.43. The fourth-order valence-electron chi connectivity index (χ4n) is 4.74. The van der Waals surface area contributed by atoms with Gasteiger partial charge in [-0.25, -0.2) is 4.79 Å². The van der Waals surface area contributed by atoms with Crippen LogP contribution in [0.5, 0.6) is 17.2 Å². The van der Waals surface area contributed by atoms with E-state index in [-0.39, 0.29) is 17.8 Å². The lowest BCUT2D eigenvalue weighted by atomic mass is 9.97. The predicted octanol–water partition coefficient (Wildman–Crippen LogP) is 3.11. The predicted molar refractivity (Wildman–Crippen MR) is 123 cm³/mol. The van der Waals surface area contributed by atoms with E-state index in [0.29, 0.717) is 22.8 Å². The molecular formula is C24H31N3O5. The van der Waals surface area contributed by atoms with Crippen LogP contribution in [0.4, 0.5) is 0 Å². The second-order valence-corrected chi connectivity index (χ2v) is 8.23. The normalized spacial score (nSPS) is 17.3. The summed E-state index contributed by atoms with van der Waals surface area (Å²) in [5, 5.41) is 11.1. The molecule has 2 unspecified atom stereocenters. The van der Waals surface area contributed by atoms with E-state index in [1.807, 2.05) is 35.8 Å². The molecule has 1 fully saturated rings. The zero-order valence-corrected chi connectivity index (χ0v) is 19.0. The number of hydrogen-bond acceptors (Lipinski definition) is 6. The van der Waals surface area contributed by atoms with Crippen LogP contribution in [0.3, 0.4) is 0 Å². The van der Waals surface area contributed by atoms with Crippen molar-refractivity contribution >= 4 is 11.0 Å². The zero-order chi connectivity index (χ0) is 22.8. The quantitative estimate of drug-likeness (QED) is 0.586. The number of methoxy groups -OCH3 is 3. The summed E-state index contributed by atoms with van der Waals surface area (Å²) in [6.45, 7) is 3.60. The molecular weight excluding hydrogens is 410 g/mol. The van der Waals surface area contributed by atoms with Crippen molar-refractivity contribution in [1.29, 1.82) is 0 Å². The van der Waals surface area contributed by atoms with E-state index in [1.165, 1.54) is 0 Å². The number of imidazole rings is 1. The van der Waals surface area contributed by atoms with Crippen LogP contribution < -0.4 is 19.9 Å². The number of aliphatic hydroxyl groups is 1. The van der Waals surface area contributed by atoms with E-state index < -0.39 is 6.10 Å². The van der Waals surface area contributed by atoms with E-state index in [4.69, 9.17) is 14.2 Å². The molecule has 8 heteroatoms. The number of piperidine rings is 1. The van der Waals surface area contributed by atoms with Crippen molar-refractivity contribution in [2.75, 3.05) is 34.4 Å². The molecule has 3 aromatic rings. The number of para-hydroxylation sites is 2. The number of aromatic nitrogens is 2. The molecule has 32 heavy (non-hydrogen) atoms. The first-order chi connectivity index (χ1) is 15.5. The molecule has 1 aliphatic heterocycles. The van der Waals surface area contributed by atoms with Gasteiger partial charge in [-0.1, -0.05) is 12.1 Å². The van der Waals surface area contributed by atoms with E-state index in [0.717, 1.165) is 37.0 Å². The van der Waals surface area contributed by atoms with Gasteiger partial charge >= 0.3 is 5.69 Å². The standard InChI is InChI=1S/C24H31N3O5/c1-15(22(28)16-13-20(30-2)23(32-4)21(14-16)31-3)26-11-9-17(10-12-26)27-19-8-6-5-7-18(19)25-24(27)29/h5-8,13-15,17,22,28H,9-12H2,1-4H3,(H,25,29). The van der Waals surface area contributed by atoms with Crippen LogP contribution in [0.15, 0.2) is 41.2 Å². The van der Waals surface area contributed by atoms with Crippen LogP contribution >= 0.6 is 0 Å². The molecule has 0 spiro atoms. The third-order valence-corrected chi connectivity index (χ3v) is 6.55. The van der Waals surface area contributed by atoms with Crippen molar-refractivity contribution in [2.24, 2.45) is 0 Å². The number of benzene rings is 2. The minimum absolute atomic E-state index is 0.0600. The Bertz CT molecular complexity index is 1110. The van der Waals surface area contributed by atoms with E-state index in [1.54, 1.807) is 33.5 Å². The van der Waals surface area contributed by atoms with Crippen LogP contribution in [-0.4, -0.2) is 60.0 Å². The number of nitrogens with zero attached hydrogens (tertiary/aromatic N) is 2. The number of nitrogens with one attached hydrogen (secondary N) is 1. The highest BCUT2D eigenvalue weighted by Gasteiger charge is 2.30. The SMILES string of the molecule is COc1cc(C(O)C(C)N2CCC(n3c(=O)[nH]c4ccccc43)CC2)cc(OC)c1OC. The lowest BCUT2D eigenvalue weighted by Crippen LogP contribution is -2.44. The van der Waals surface area contributed by atoms with Crippen LogP contribution in [0.2, 0.25) is 0 Å². The first-order valence-corrected chi connectivity index (χ1v) is 10.9. The molecule has 0 saturated carbocycles. The summed E-state index contributed by atoms with van der Waals surface area (Å²) in [6.07, 6.45) is 0.957. The summed E-state index contributed by atoms with van der Waals surface area (Å²) in [4.78, 5) is 17.8. The molecule has 2 N–H and O–H groups in total. The molecule has 1 aromatic heterocycles. The maximum absolute atomic E-state index is 12.5. The summed E-state index contributed by atoms with van der Waals surface area (Å²) >= 11 is 0. The van der Waals surface area contributed by atoms with E-state index >= 15 is 0 Å². The number of likely N-dealkylation sites (tertiary alicyclic amines) is 1. The van der Waals surface area contributed by atoms with Crippen LogP contribution in [0.25, 0.3) is 11.0 Å². The van der Waals surface area contributed by atoms with Crippen molar-refractivity contribution < 1.29 is 19.3 Å². The highest BCUT2D eigenvalue weighted by molar-refractivity contribution is 5.75. The third-order valence-electron chi connectivity index (χ3n) is 6.55. The highest BCUT2D eigenvalue weighted by Crippen LogP contribution is 2.41. The van der Waals surface area contributed by atoms with Crippen molar-refractivity contribution in [3.63, 3.8) is 0 Å². The first kappa shape index (κ1) is 22.2. The Labute approximate surface area is 187 Å². The van der Waals surface area contributed by atoms with Crippen LogP contribution in [-0.2, 0) is 0 Å². The van der Waals surface area contributed by atoms with Gasteiger partial charge in [-0.3, -0.25) is 9.47 Å². The average molecular weight is 442 g/mol. The summed E-state index contributed by atoms with van der Waals surface area (Å²) in [6, 6.07) is 11.4. The maximum Gasteiger partial charge on any atom is 0.326 e. The van der Waals surface area contributed by atoms with E-state index in [9.17, 15) is 9.90 Å². The summed E-state index contributed by atoms with van der Waals surface area (Å²) in [5.41, 5.74) is 2.46. The van der Waals surface area contributed by atoms with Gasteiger partial charge in [0.05, 0.1) is 38.5 Å². The number of H-pyrrole nitrogens is 1. The van der Waals surface area contributed by atoms with Crippen molar-refractivity contribution in [3.05, 3.63) is 52.4 Å². The second kappa shape index (κ2) is 9.26. The number of fused-ring (bicyclic) bond motifs is 1. The molecule has 172 valence electrons. The lowest BCUT2D eigenvalue weighted by Gasteiger charge is -2.38. The van der Waals surface area contributed by atoms with Gasteiger partial charge < -0.3 is 24.3 Å². The number of aromatic amines is 1. The highest BCUT2D eigenvalue weighted by atomic mass is 16.5. The maximum atomic E-state index is 12.5. The fraction of sp³-hybridized carbons (Fsp3) is 0.458. The molecule has 4 rings (SSSR count). The number of hydrogen-bond donors (Lipinski definition) is 2. The smallest absolute Gasteiger partial charge is 0.326 e. The Morgan fingerprint density at radius 3 is 2.25 bits per heavy atom. The average Bonchev–Trinajstić information content (AvgIpc) is 3.17. The minimum Gasteiger partial charge on any atom is -0.493 e. The summed E-state index contributed by atoms with van der Waals surface area (Å²) in [7, 11) is 4.69. The number of aliphatic hydroxyl groups excluding tert-OH is 1. The molecule has 2 atom stereocenters. The van der Waals surface area contributed by atoms with Gasteiger partial charge in [0.25, 0.3) is 0 Å². The van der Waals surface area contributed by atoms with Gasteiger partial charge in [0.1, 0.15) is 0 Å². The number of ether oxygens (including phenoxy) is 3. The van der Waals surface area contributed by atoms with Gasteiger partial charge in [-0.05, 0) is 49.6 Å². The van der Waals surface area contributed by atoms with E-state index in [2.05, 4.69) is 9.88 Å². The largest absolute Gasteiger partial charge is 0.493 e. The zero-order valence-electron chi connectivity index (χ0n) is 19.0. The molecule has 0 radical (unpaired) electrons. The Morgan fingerprint density at radius 2 is 1.66 bits per heavy atom. The fourth-order valence-corrected chi connectivity index (χ4v) is 4.74. The minimum atomic E-state index is -0.726. The third kappa shape index (κ3) is 3.96. The summed E-state index contributed by atoms with van der Waals surface area (Å²) in [5.74, 6) is 1.54. The Hall–Kier alpha value is -2.97. The first-order valence-electron chi connectivity index (χ1n) is 10.9. The van der Waals surface area contributed by atoms with Gasteiger partial charge in [0.2, 0.25) is 5.75 Å². The van der Waals surface area contributed by atoms with Gasteiger partial charge in [0, 0.05) is 25.2 Å². The van der Waals surface area contributed by atoms with Gasteiger partial charge in [-0.2, -0.15) is 0 Å². The Morgan fingerprint density at radius 1 is 1.03 bits per heavy atom. The number of rotatable bonds is 7. The van der Waals surface area contributed by atoms with Crippen molar-refractivity contribution in [3.8, 4) is 17.2 Å². The van der Waals surface area contributed by atoms with Gasteiger partial charge in [0.15, 0.2) is 11.5 Å². The topological polar surface area (TPSA) is 89.0 Å². The van der Waals surface area contributed by atoms with Crippen LogP contribution in [0.1, 0.15) is 37.5 Å². The molecule has 8 nitrogen and oxygen atoms in total. The monoisotopic (exact) mass is 441 g/mol. The molecule has 0 bridgehead atoms. The van der Waals surface area contributed by atoms with Crippen LogP contribution in [0, 0.1) is 0 Å². The molecule has 2 heterocycles. The van der Waals surface area contributed by atoms with Crippen molar-refractivity contribution in [1.82, 2.24) is 14.5 Å². The molecule has 2 aromatic carbocycles. The van der Waals surface area contributed by atoms with Gasteiger partial charge in [-0.15, -0.1) is 0 Å². The molecule has 0 amide bonds. The molecule has 0 aliphatic carbocycles. The van der Waals surface area contributed by atoms with Crippen molar-refractivity contribution in [2.45, 2.75) is 38.0 Å². The second-order valence-electron chi connectivity index (χ2n) is 8.23. The molecule has 1 aliphatic rings. The summed E-state index contributed by atoms with van der Waals surface area (Å²) < 4.78 is 18.1.